The summed E-state index contributed by atoms with van der Waals surface area (Å²) in [7, 11) is 1.89. The molecule has 0 aromatic rings. The van der Waals surface area contributed by atoms with Crippen LogP contribution < -0.4 is 5.73 Å². The van der Waals surface area contributed by atoms with Gasteiger partial charge >= 0.3 is 0 Å². The van der Waals surface area contributed by atoms with Gasteiger partial charge in [0.2, 0.25) is 0 Å². The van der Waals surface area contributed by atoms with E-state index >= 15 is 0 Å². The van der Waals surface area contributed by atoms with E-state index in [2.05, 4.69) is 6.92 Å². The number of nitrogens with two attached hydrogens (primary N) is 1. The molecule has 2 aliphatic rings. The van der Waals surface area contributed by atoms with Crippen LogP contribution in [0.4, 0.5) is 0 Å². The molecule has 106 valence electrons. The molecule has 0 saturated heterocycles. The zero-order chi connectivity index (χ0) is 13.0. The lowest BCUT2D eigenvalue weighted by Gasteiger charge is -2.43. The third kappa shape index (κ3) is 3.08. The van der Waals surface area contributed by atoms with Gasteiger partial charge in [0.1, 0.15) is 0 Å². The van der Waals surface area contributed by atoms with Crippen LogP contribution in [0.1, 0.15) is 71.1 Å². The van der Waals surface area contributed by atoms with E-state index in [-0.39, 0.29) is 11.6 Å². The second-order valence-electron chi connectivity index (χ2n) is 6.74. The van der Waals surface area contributed by atoms with Crippen molar-refractivity contribution < 1.29 is 4.74 Å². The van der Waals surface area contributed by atoms with Gasteiger partial charge in [-0.1, -0.05) is 45.4 Å². The summed E-state index contributed by atoms with van der Waals surface area (Å²) < 4.78 is 5.98. The van der Waals surface area contributed by atoms with Crippen molar-refractivity contribution in [3.63, 3.8) is 0 Å². The van der Waals surface area contributed by atoms with Crippen molar-refractivity contribution in [2.75, 3.05) is 7.11 Å². The molecule has 0 aromatic heterocycles. The van der Waals surface area contributed by atoms with E-state index in [0.717, 1.165) is 5.92 Å². The van der Waals surface area contributed by atoms with Gasteiger partial charge in [-0.3, -0.25) is 0 Å². The van der Waals surface area contributed by atoms with Gasteiger partial charge in [-0.2, -0.15) is 0 Å². The van der Waals surface area contributed by atoms with Crippen molar-refractivity contribution in [3.8, 4) is 0 Å². The van der Waals surface area contributed by atoms with Crippen LogP contribution in [-0.4, -0.2) is 18.8 Å². The highest BCUT2D eigenvalue weighted by Crippen LogP contribution is 2.40. The van der Waals surface area contributed by atoms with Crippen molar-refractivity contribution in [2.24, 2.45) is 17.6 Å². The highest BCUT2D eigenvalue weighted by atomic mass is 16.5. The van der Waals surface area contributed by atoms with E-state index in [0.29, 0.717) is 5.92 Å². The Labute approximate surface area is 113 Å². The van der Waals surface area contributed by atoms with Crippen LogP contribution in [0.3, 0.4) is 0 Å². The highest BCUT2D eigenvalue weighted by Gasteiger charge is 2.41. The molecule has 2 heteroatoms. The van der Waals surface area contributed by atoms with Gasteiger partial charge in [-0.15, -0.1) is 0 Å². The van der Waals surface area contributed by atoms with E-state index in [9.17, 15) is 0 Å². The Bertz CT molecular complexity index is 245. The van der Waals surface area contributed by atoms with Crippen LogP contribution in [0.2, 0.25) is 0 Å². The van der Waals surface area contributed by atoms with Gasteiger partial charge in [0.15, 0.2) is 0 Å². The Hall–Kier alpha value is -0.0800. The van der Waals surface area contributed by atoms with Crippen molar-refractivity contribution >= 4 is 0 Å². The minimum Gasteiger partial charge on any atom is -0.377 e. The number of methoxy groups -OCH3 is 1. The molecular formula is C16H31NO. The summed E-state index contributed by atoms with van der Waals surface area (Å²) in [6, 6.07) is 0.253. The first kappa shape index (κ1) is 14.3. The molecule has 0 radical (unpaired) electrons. The van der Waals surface area contributed by atoms with Gasteiger partial charge in [0.05, 0.1) is 5.60 Å². The molecule has 2 fully saturated rings. The monoisotopic (exact) mass is 253 g/mol. The van der Waals surface area contributed by atoms with Gasteiger partial charge in [0, 0.05) is 13.2 Å². The van der Waals surface area contributed by atoms with Crippen molar-refractivity contribution in [1.82, 2.24) is 0 Å². The van der Waals surface area contributed by atoms with Crippen molar-refractivity contribution in [1.29, 1.82) is 0 Å². The summed E-state index contributed by atoms with van der Waals surface area (Å²) in [5.41, 5.74) is 6.66. The first-order valence-corrected chi connectivity index (χ1v) is 7.99. The van der Waals surface area contributed by atoms with E-state index in [1.165, 1.54) is 64.2 Å². The first-order chi connectivity index (χ1) is 8.68. The maximum Gasteiger partial charge on any atom is 0.0831 e. The average Bonchev–Trinajstić information content (AvgIpc) is 2.64. The minimum atomic E-state index is -0.0156. The Morgan fingerprint density at radius 3 is 2.28 bits per heavy atom. The summed E-state index contributed by atoms with van der Waals surface area (Å²) in [5.74, 6) is 1.54. The molecule has 18 heavy (non-hydrogen) atoms. The predicted molar refractivity (Wildman–Crippen MR) is 76.5 cm³/mol. The second kappa shape index (κ2) is 6.38. The Morgan fingerprint density at radius 2 is 1.72 bits per heavy atom. The van der Waals surface area contributed by atoms with Crippen molar-refractivity contribution in [2.45, 2.75) is 82.8 Å². The molecule has 0 amide bonds. The van der Waals surface area contributed by atoms with E-state index < -0.39 is 0 Å². The molecule has 2 nitrogen and oxygen atoms in total. The Morgan fingerprint density at radius 1 is 1.06 bits per heavy atom. The molecular weight excluding hydrogens is 222 g/mol. The number of ether oxygens (including phenoxy) is 1. The van der Waals surface area contributed by atoms with Crippen molar-refractivity contribution in [3.05, 3.63) is 0 Å². The molecule has 0 aromatic carbocycles. The molecule has 0 heterocycles. The zero-order valence-electron chi connectivity index (χ0n) is 12.3. The summed E-state index contributed by atoms with van der Waals surface area (Å²) in [4.78, 5) is 0. The van der Waals surface area contributed by atoms with Crippen LogP contribution >= 0.6 is 0 Å². The topological polar surface area (TPSA) is 35.2 Å². The summed E-state index contributed by atoms with van der Waals surface area (Å²) in [5, 5.41) is 0. The van der Waals surface area contributed by atoms with Gasteiger partial charge < -0.3 is 10.5 Å². The van der Waals surface area contributed by atoms with E-state index in [1.54, 1.807) is 0 Å². The Kier molecular flexibility index (Phi) is 5.08. The number of rotatable bonds is 3. The molecule has 3 atom stereocenters. The molecule has 3 unspecified atom stereocenters. The zero-order valence-corrected chi connectivity index (χ0v) is 12.3. The van der Waals surface area contributed by atoms with Crippen LogP contribution in [-0.2, 0) is 4.74 Å². The van der Waals surface area contributed by atoms with Crippen LogP contribution in [0.5, 0.6) is 0 Å². The molecule has 0 bridgehead atoms. The maximum atomic E-state index is 6.68. The van der Waals surface area contributed by atoms with Gasteiger partial charge in [0.25, 0.3) is 0 Å². The molecule has 2 N–H and O–H groups in total. The first-order valence-electron chi connectivity index (χ1n) is 7.99. The maximum absolute atomic E-state index is 6.68. The van der Waals surface area contributed by atoms with Gasteiger partial charge in [-0.05, 0) is 37.5 Å². The Balaban J connectivity index is 2.05. The van der Waals surface area contributed by atoms with Gasteiger partial charge in [-0.25, -0.2) is 0 Å². The third-order valence-electron chi connectivity index (χ3n) is 5.45. The lowest BCUT2D eigenvalue weighted by Crippen LogP contribution is -2.54. The normalized spacial score (nSPS) is 34.8. The summed E-state index contributed by atoms with van der Waals surface area (Å²) in [6.45, 7) is 2.38. The quantitative estimate of drug-likeness (QED) is 0.775. The van der Waals surface area contributed by atoms with E-state index in [1.807, 2.05) is 7.11 Å². The third-order valence-corrected chi connectivity index (χ3v) is 5.45. The second-order valence-corrected chi connectivity index (χ2v) is 6.74. The summed E-state index contributed by atoms with van der Waals surface area (Å²) in [6.07, 6.45) is 13.0. The fourth-order valence-electron chi connectivity index (χ4n) is 4.24. The molecule has 0 spiro atoms. The van der Waals surface area contributed by atoms with Crippen LogP contribution in [0.15, 0.2) is 0 Å². The molecule has 2 rings (SSSR count). The highest BCUT2D eigenvalue weighted by molar-refractivity contribution is 4.97. The minimum absolute atomic E-state index is 0.0156. The largest absolute Gasteiger partial charge is 0.377 e. The van der Waals surface area contributed by atoms with Crippen LogP contribution in [0, 0.1) is 11.8 Å². The SMILES string of the molecule is COC1(C(N)C2CCCC(C)C2)CCCCCC1. The lowest BCUT2D eigenvalue weighted by molar-refractivity contribution is -0.0628. The number of hydrogen-bond donors (Lipinski definition) is 1. The average molecular weight is 253 g/mol. The molecule has 2 saturated carbocycles. The van der Waals surface area contributed by atoms with E-state index in [4.69, 9.17) is 10.5 Å². The smallest absolute Gasteiger partial charge is 0.0831 e. The predicted octanol–water partition coefficient (Wildman–Crippen LogP) is 3.88. The number of hydrogen-bond acceptors (Lipinski definition) is 2. The molecule has 2 aliphatic carbocycles. The van der Waals surface area contributed by atoms with Crippen LogP contribution in [0.25, 0.3) is 0 Å². The molecule has 0 aliphatic heterocycles. The fraction of sp³-hybridized carbons (Fsp3) is 1.00. The fourth-order valence-corrected chi connectivity index (χ4v) is 4.24. The standard InChI is InChI=1S/C16H31NO/c1-13-8-7-9-14(12-13)15(17)16(18-2)10-5-3-4-6-11-16/h13-15H,3-12,17H2,1-2H3. The summed E-state index contributed by atoms with van der Waals surface area (Å²) >= 11 is 0. The lowest BCUT2D eigenvalue weighted by atomic mass is 9.71.